The van der Waals surface area contributed by atoms with Crippen molar-refractivity contribution < 1.29 is 14.5 Å². The van der Waals surface area contributed by atoms with E-state index in [-0.39, 0.29) is 12.3 Å². The number of aromatic nitrogens is 2. The second-order valence-corrected chi connectivity index (χ2v) is 7.41. The van der Waals surface area contributed by atoms with Crippen LogP contribution in [0, 0.1) is 17.0 Å². The first-order chi connectivity index (χ1) is 16.5. The van der Waals surface area contributed by atoms with E-state index in [0.717, 1.165) is 28.1 Å². The average Bonchev–Trinajstić information content (AvgIpc) is 3.28. The van der Waals surface area contributed by atoms with E-state index in [1.165, 1.54) is 30.5 Å². The molecule has 0 fully saturated rings. The van der Waals surface area contributed by atoms with Gasteiger partial charge in [0.1, 0.15) is 11.4 Å². The number of para-hydroxylation sites is 1. The van der Waals surface area contributed by atoms with Crippen LogP contribution in [0.4, 0.5) is 5.69 Å². The maximum Gasteiger partial charge on any atom is 0.277 e. The average molecular weight is 455 g/mol. The number of carbonyl (C=O) groups excluding carboxylic acids is 1. The van der Waals surface area contributed by atoms with Crippen LogP contribution < -0.4 is 10.2 Å². The summed E-state index contributed by atoms with van der Waals surface area (Å²) >= 11 is 0. The molecule has 4 rings (SSSR count). The molecule has 1 heterocycles. The van der Waals surface area contributed by atoms with Gasteiger partial charge in [0.25, 0.3) is 11.6 Å². The van der Waals surface area contributed by atoms with Gasteiger partial charge in [-0.15, -0.1) is 0 Å². The molecule has 0 unspecified atom stereocenters. The largest absolute Gasteiger partial charge is 0.484 e. The number of aryl methyl sites for hydroxylation is 1. The molecular formula is C25H21N5O4. The molecule has 0 saturated carbocycles. The first-order valence-corrected chi connectivity index (χ1v) is 10.4. The molecule has 0 atom stereocenters. The molecule has 4 aromatic rings. The number of non-ortho nitro benzene ring substituents is 1. The van der Waals surface area contributed by atoms with Crippen LogP contribution in [0.1, 0.15) is 11.1 Å². The fourth-order valence-electron chi connectivity index (χ4n) is 3.15. The van der Waals surface area contributed by atoms with Gasteiger partial charge in [-0.1, -0.05) is 48.0 Å². The van der Waals surface area contributed by atoms with E-state index in [9.17, 15) is 14.9 Å². The summed E-state index contributed by atoms with van der Waals surface area (Å²) in [7, 11) is 0. The summed E-state index contributed by atoms with van der Waals surface area (Å²) in [6.45, 7) is 1.73. The molecular weight excluding hydrogens is 434 g/mol. The normalized spacial score (nSPS) is 10.9. The van der Waals surface area contributed by atoms with Gasteiger partial charge in [-0.3, -0.25) is 14.9 Å². The predicted octanol–water partition coefficient (Wildman–Crippen LogP) is 4.29. The van der Waals surface area contributed by atoms with Gasteiger partial charge in [-0.25, -0.2) is 10.1 Å². The van der Waals surface area contributed by atoms with E-state index in [2.05, 4.69) is 10.5 Å². The van der Waals surface area contributed by atoms with Crippen molar-refractivity contribution in [3.05, 3.63) is 106 Å². The standard InChI is InChI=1S/C25H21N5O4/c1-18-7-9-19(10-8-18)25-20(16-29(28-25)21-5-3-2-4-6-21)15-26-27-24(31)17-34-23-13-11-22(12-14-23)30(32)33/h2-16H,17H2,1H3,(H,27,31)/b26-15+. The molecule has 1 aromatic heterocycles. The summed E-state index contributed by atoms with van der Waals surface area (Å²) in [5.74, 6) is -0.127. The quantitative estimate of drug-likeness (QED) is 0.242. The zero-order valence-corrected chi connectivity index (χ0v) is 18.3. The minimum absolute atomic E-state index is 0.0539. The fraction of sp³-hybridized carbons (Fsp3) is 0.0800. The Morgan fingerprint density at radius 1 is 1.09 bits per heavy atom. The Labute approximate surface area is 195 Å². The van der Waals surface area contributed by atoms with Crippen molar-refractivity contribution in [1.82, 2.24) is 15.2 Å². The zero-order valence-electron chi connectivity index (χ0n) is 18.3. The first-order valence-electron chi connectivity index (χ1n) is 10.4. The van der Waals surface area contributed by atoms with Crippen molar-refractivity contribution >= 4 is 17.8 Å². The van der Waals surface area contributed by atoms with E-state index < -0.39 is 10.8 Å². The second-order valence-electron chi connectivity index (χ2n) is 7.41. The van der Waals surface area contributed by atoms with Crippen LogP contribution in [0.5, 0.6) is 5.75 Å². The molecule has 1 N–H and O–H groups in total. The van der Waals surface area contributed by atoms with E-state index in [1.54, 1.807) is 4.68 Å². The Morgan fingerprint density at radius 2 is 1.79 bits per heavy atom. The van der Waals surface area contributed by atoms with Crippen molar-refractivity contribution in [2.24, 2.45) is 5.10 Å². The van der Waals surface area contributed by atoms with E-state index >= 15 is 0 Å². The number of benzene rings is 3. The Hall–Kier alpha value is -4.79. The van der Waals surface area contributed by atoms with Crippen molar-refractivity contribution in [3.8, 4) is 22.7 Å². The highest BCUT2D eigenvalue weighted by Crippen LogP contribution is 2.23. The molecule has 0 saturated heterocycles. The van der Waals surface area contributed by atoms with Crippen LogP contribution in [-0.4, -0.2) is 33.4 Å². The predicted molar refractivity (Wildman–Crippen MR) is 128 cm³/mol. The maximum absolute atomic E-state index is 12.1. The SMILES string of the molecule is Cc1ccc(-c2nn(-c3ccccc3)cc2/C=N/NC(=O)COc2ccc([N+](=O)[O-])cc2)cc1. The van der Waals surface area contributed by atoms with Crippen molar-refractivity contribution in [2.75, 3.05) is 6.61 Å². The first kappa shape index (κ1) is 22.4. The molecule has 0 bridgehead atoms. The summed E-state index contributed by atoms with van der Waals surface area (Å²) in [5, 5.41) is 19.5. The van der Waals surface area contributed by atoms with Crippen LogP contribution in [-0.2, 0) is 4.79 Å². The van der Waals surface area contributed by atoms with Crippen molar-refractivity contribution in [2.45, 2.75) is 6.92 Å². The molecule has 34 heavy (non-hydrogen) atoms. The number of hydrogen-bond donors (Lipinski definition) is 1. The summed E-state index contributed by atoms with van der Waals surface area (Å²) in [5.41, 5.74) is 6.79. The smallest absolute Gasteiger partial charge is 0.277 e. The Bertz CT molecular complexity index is 1310. The highest BCUT2D eigenvalue weighted by atomic mass is 16.6. The second kappa shape index (κ2) is 10.2. The number of ether oxygens (including phenoxy) is 1. The van der Waals surface area contributed by atoms with Gasteiger partial charge < -0.3 is 4.74 Å². The minimum Gasteiger partial charge on any atom is -0.484 e. The summed E-state index contributed by atoms with van der Waals surface area (Å²) < 4.78 is 7.11. The van der Waals surface area contributed by atoms with Gasteiger partial charge in [0.2, 0.25) is 0 Å². The lowest BCUT2D eigenvalue weighted by molar-refractivity contribution is -0.384. The third kappa shape index (κ3) is 5.52. The lowest BCUT2D eigenvalue weighted by Crippen LogP contribution is -2.24. The summed E-state index contributed by atoms with van der Waals surface area (Å²) in [6.07, 6.45) is 3.37. The third-order valence-electron chi connectivity index (χ3n) is 4.90. The highest BCUT2D eigenvalue weighted by molar-refractivity contribution is 5.89. The third-order valence-corrected chi connectivity index (χ3v) is 4.90. The van der Waals surface area contributed by atoms with Gasteiger partial charge >= 0.3 is 0 Å². The van der Waals surface area contributed by atoms with E-state index in [0.29, 0.717) is 5.75 Å². The van der Waals surface area contributed by atoms with Crippen molar-refractivity contribution in [1.29, 1.82) is 0 Å². The van der Waals surface area contributed by atoms with Crippen molar-refractivity contribution in [3.63, 3.8) is 0 Å². The molecule has 9 heteroatoms. The summed E-state index contributed by atoms with van der Waals surface area (Å²) in [6, 6.07) is 23.2. The van der Waals surface area contributed by atoms with E-state index in [4.69, 9.17) is 9.84 Å². The molecule has 3 aromatic carbocycles. The highest BCUT2D eigenvalue weighted by Gasteiger charge is 2.11. The van der Waals surface area contributed by atoms with Gasteiger partial charge in [-0.05, 0) is 31.2 Å². The minimum atomic E-state index is -0.504. The van der Waals surface area contributed by atoms with Gasteiger partial charge in [0, 0.05) is 29.5 Å². The fourth-order valence-corrected chi connectivity index (χ4v) is 3.15. The van der Waals surface area contributed by atoms with Gasteiger partial charge in [-0.2, -0.15) is 10.2 Å². The number of hydrogen-bond acceptors (Lipinski definition) is 6. The summed E-state index contributed by atoms with van der Waals surface area (Å²) in [4.78, 5) is 22.3. The number of nitrogens with zero attached hydrogens (tertiary/aromatic N) is 4. The van der Waals surface area contributed by atoms with Crippen LogP contribution in [0.25, 0.3) is 16.9 Å². The maximum atomic E-state index is 12.1. The monoisotopic (exact) mass is 455 g/mol. The number of nitro groups is 1. The van der Waals surface area contributed by atoms with E-state index in [1.807, 2.05) is 67.7 Å². The molecule has 170 valence electrons. The topological polar surface area (TPSA) is 112 Å². The molecule has 0 radical (unpaired) electrons. The molecule has 0 spiro atoms. The number of hydrazone groups is 1. The van der Waals surface area contributed by atoms with Crippen LogP contribution in [0.3, 0.4) is 0 Å². The number of rotatable bonds is 8. The number of nitro benzene ring substituents is 1. The molecule has 0 aliphatic carbocycles. The van der Waals surface area contributed by atoms with Gasteiger partial charge in [0.05, 0.1) is 16.8 Å². The molecule has 1 amide bonds. The Balaban J connectivity index is 1.45. The van der Waals surface area contributed by atoms with Gasteiger partial charge in [0.15, 0.2) is 6.61 Å². The van der Waals surface area contributed by atoms with Crippen LogP contribution in [0.15, 0.2) is 90.2 Å². The Morgan fingerprint density at radius 3 is 2.47 bits per heavy atom. The zero-order chi connectivity index (χ0) is 23.9. The molecule has 9 nitrogen and oxygen atoms in total. The molecule has 0 aliphatic rings. The Kier molecular flexibility index (Phi) is 6.73. The lowest BCUT2D eigenvalue weighted by atomic mass is 10.1. The number of carbonyl (C=O) groups is 1. The van der Waals surface area contributed by atoms with Crippen LogP contribution in [0.2, 0.25) is 0 Å². The lowest BCUT2D eigenvalue weighted by Gasteiger charge is -2.04. The van der Waals surface area contributed by atoms with Crippen LogP contribution >= 0.6 is 0 Å². The number of nitrogens with one attached hydrogen (secondary N) is 1. The number of amides is 1. The molecule has 0 aliphatic heterocycles.